The molecule has 0 saturated carbocycles. The number of hydrogen-bond acceptors (Lipinski definition) is 3. The molecule has 1 aliphatic heterocycles. The molecule has 4 nitrogen and oxygen atoms in total. The van der Waals surface area contributed by atoms with Gasteiger partial charge in [0.2, 0.25) is 0 Å². The molecule has 0 radical (unpaired) electrons. The summed E-state index contributed by atoms with van der Waals surface area (Å²) in [5.41, 5.74) is 3.55. The first kappa shape index (κ1) is 16.2. The van der Waals surface area contributed by atoms with Crippen molar-refractivity contribution in [2.75, 3.05) is 13.1 Å². The summed E-state index contributed by atoms with van der Waals surface area (Å²) in [6.45, 7) is 10.1. The first-order valence-electron chi connectivity index (χ1n) is 8.88. The normalized spacial score (nSPS) is 19.4. The molecule has 0 aromatic carbocycles. The fourth-order valence-electron chi connectivity index (χ4n) is 3.61. The molecule has 23 heavy (non-hydrogen) atoms. The molecular weight excluding hydrogens is 284 g/mol. The summed E-state index contributed by atoms with van der Waals surface area (Å²) >= 11 is 0. The van der Waals surface area contributed by atoms with Crippen LogP contribution in [0.15, 0.2) is 30.6 Å². The maximum Gasteiger partial charge on any atom is 0.0885 e. The zero-order valence-electron chi connectivity index (χ0n) is 14.6. The van der Waals surface area contributed by atoms with Crippen molar-refractivity contribution in [2.24, 2.45) is 5.92 Å². The predicted octanol–water partition coefficient (Wildman–Crippen LogP) is 3.63. The number of likely N-dealkylation sites (tertiary alicyclic amines) is 1. The third kappa shape index (κ3) is 3.81. The van der Waals surface area contributed by atoms with Crippen LogP contribution in [0.5, 0.6) is 0 Å². The van der Waals surface area contributed by atoms with Gasteiger partial charge in [-0.2, -0.15) is 5.10 Å². The summed E-state index contributed by atoms with van der Waals surface area (Å²) in [5, 5.41) is 4.36. The first-order valence-corrected chi connectivity index (χ1v) is 8.88. The second-order valence-electron chi connectivity index (χ2n) is 6.88. The lowest BCUT2D eigenvalue weighted by Gasteiger charge is -2.35. The van der Waals surface area contributed by atoms with Gasteiger partial charge in [-0.25, -0.2) is 0 Å². The van der Waals surface area contributed by atoms with Crippen LogP contribution in [0.2, 0.25) is 0 Å². The van der Waals surface area contributed by atoms with Gasteiger partial charge in [0.25, 0.3) is 0 Å². The second-order valence-corrected chi connectivity index (χ2v) is 6.88. The van der Waals surface area contributed by atoms with E-state index in [2.05, 4.69) is 54.0 Å². The van der Waals surface area contributed by atoms with E-state index in [0.29, 0.717) is 6.04 Å². The summed E-state index contributed by atoms with van der Waals surface area (Å²) in [6.07, 6.45) is 7.62. The minimum atomic E-state index is 0.657. The Hall–Kier alpha value is -1.68. The monoisotopic (exact) mass is 312 g/mol. The number of pyridine rings is 1. The van der Waals surface area contributed by atoms with Gasteiger partial charge in [0.05, 0.1) is 11.4 Å². The van der Waals surface area contributed by atoms with Crippen LogP contribution >= 0.6 is 0 Å². The topological polar surface area (TPSA) is 34.0 Å². The molecule has 4 heteroatoms. The molecule has 0 spiro atoms. The molecule has 2 aromatic rings. The minimum Gasteiger partial charge on any atom is -0.301 e. The highest BCUT2D eigenvalue weighted by Crippen LogP contribution is 2.24. The Morgan fingerprint density at radius 1 is 1.26 bits per heavy atom. The molecule has 0 N–H and O–H groups in total. The van der Waals surface area contributed by atoms with Crippen molar-refractivity contribution in [1.82, 2.24) is 19.7 Å². The fraction of sp³-hybridized carbons (Fsp3) is 0.579. The summed E-state index contributed by atoms with van der Waals surface area (Å²) in [5.74, 6) is 0.762. The zero-order chi connectivity index (χ0) is 16.2. The number of nitrogens with zero attached hydrogens (tertiary/aromatic N) is 4. The average molecular weight is 312 g/mol. The number of aryl methyl sites for hydroxylation is 1. The lowest BCUT2D eigenvalue weighted by atomic mass is 9.90. The van der Waals surface area contributed by atoms with Crippen molar-refractivity contribution in [1.29, 1.82) is 0 Å². The highest BCUT2D eigenvalue weighted by Gasteiger charge is 2.22. The van der Waals surface area contributed by atoms with E-state index in [0.717, 1.165) is 30.3 Å². The summed E-state index contributed by atoms with van der Waals surface area (Å²) in [4.78, 5) is 7.17. The Kier molecular flexibility index (Phi) is 5.11. The third-order valence-corrected chi connectivity index (χ3v) is 4.91. The third-order valence-electron chi connectivity index (χ3n) is 4.91. The number of piperidine rings is 1. The molecule has 0 aliphatic carbocycles. The smallest absolute Gasteiger partial charge is 0.0885 e. The first-order chi connectivity index (χ1) is 11.2. The van der Waals surface area contributed by atoms with Crippen LogP contribution in [0.25, 0.3) is 11.4 Å². The summed E-state index contributed by atoms with van der Waals surface area (Å²) < 4.78 is 2.01. The van der Waals surface area contributed by atoms with Gasteiger partial charge in [-0.05, 0) is 76.3 Å². The van der Waals surface area contributed by atoms with Gasteiger partial charge in [0, 0.05) is 31.5 Å². The van der Waals surface area contributed by atoms with Gasteiger partial charge in [0.15, 0.2) is 0 Å². The van der Waals surface area contributed by atoms with Crippen LogP contribution in [0, 0.1) is 5.92 Å². The molecule has 1 atom stereocenters. The zero-order valence-corrected chi connectivity index (χ0v) is 14.6. The van der Waals surface area contributed by atoms with E-state index in [1.807, 2.05) is 17.1 Å². The Labute approximate surface area is 139 Å². The highest BCUT2D eigenvalue weighted by atomic mass is 15.3. The van der Waals surface area contributed by atoms with Crippen molar-refractivity contribution in [3.63, 3.8) is 0 Å². The molecule has 3 heterocycles. The molecule has 0 amide bonds. The van der Waals surface area contributed by atoms with Crippen LogP contribution < -0.4 is 0 Å². The quantitative estimate of drug-likeness (QED) is 0.845. The van der Waals surface area contributed by atoms with Crippen LogP contribution in [-0.2, 0) is 13.0 Å². The standard InChI is InChI=1S/C19H28N4/c1-4-23-19(8-10-21-23)18-13-16(7-9-20-18)12-17-6-5-11-22(14-17)15(2)3/h7-10,13,15,17H,4-6,11-12,14H2,1-3H3/t17-/m1/s1. The molecule has 0 bridgehead atoms. The van der Waals surface area contributed by atoms with Crippen LogP contribution in [-0.4, -0.2) is 38.8 Å². The summed E-state index contributed by atoms with van der Waals surface area (Å²) in [6, 6.07) is 7.13. The Balaban J connectivity index is 1.73. The van der Waals surface area contributed by atoms with E-state index < -0.39 is 0 Å². The predicted molar refractivity (Wildman–Crippen MR) is 94.3 cm³/mol. The minimum absolute atomic E-state index is 0.657. The van der Waals surface area contributed by atoms with E-state index >= 15 is 0 Å². The second kappa shape index (κ2) is 7.26. The lowest BCUT2D eigenvalue weighted by molar-refractivity contribution is 0.139. The molecule has 124 valence electrons. The van der Waals surface area contributed by atoms with E-state index in [4.69, 9.17) is 0 Å². The van der Waals surface area contributed by atoms with E-state index in [-0.39, 0.29) is 0 Å². The maximum atomic E-state index is 4.56. The van der Waals surface area contributed by atoms with Gasteiger partial charge in [0.1, 0.15) is 0 Å². The number of aromatic nitrogens is 3. The lowest BCUT2D eigenvalue weighted by Crippen LogP contribution is -2.40. The molecule has 1 fully saturated rings. The fourth-order valence-corrected chi connectivity index (χ4v) is 3.61. The number of rotatable bonds is 5. The average Bonchev–Trinajstić information content (AvgIpc) is 3.04. The maximum absolute atomic E-state index is 4.56. The van der Waals surface area contributed by atoms with Crippen LogP contribution in [0.3, 0.4) is 0 Å². The molecule has 3 rings (SSSR count). The van der Waals surface area contributed by atoms with Gasteiger partial charge in [-0.15, -0.1) is 0 Å². The van der Waals surface area contributed by atoms with Crippen molar-refractivity contribution in [2.45, 2.75) is 52.6 Å². The van der Waals surface area contributed by atoms with E-state index in [1.165, 1.54) is 31.5 Å². The largest absolute Gasteiger partial charge is 0.301 e. The van der Waals surface area contributed by atoms with Gasteiger partial charge >= 0.3 is 0 Å². The highest BCUT2D eigenvalue weighted by molar-refractivity contribution is 5.54. The molecule has 2 aromatic heterocycles. The van der Waals surface area contributed by atoms with E-state index in [1.54, 1.807) is 0 Å². The summed E-state index contributed by atoms with van der Waals surface area (Å²) in [7, 11) is 0. The Bertz CT molecular complexity index is 632. The van der Waals surface area contributed by atoms with Crippen LogP contribution in [0.4, 0.5) is 0 Å². The molecule has 1 aliphatic rings. The van der Waals surface area contributed by atoms with Gasteiger partial charge < -0.3 is 4.90 Å². The van der Waals surface area contributed by atoms with Crippen LogP contribution in [0.1, 0.15) is 39.2 Å². The van der Waals surface area contributed by atoms with Crippen molar-refractivity contribution in [3.05, 3.63) is 36.2 Å². The van der Waals surface area contributed by atoms with Crippen molar-refractivity contribution < 1.29 is 0 Å². The Morgan fingerprint density at radius 3 is 2.91 bits per heavy atom. The van der Waals surface area contributed by atoms with Gasteiger partial charge in [-0.1, -0.05) is 0 Å². The molecule has 1 saturated heterocycles. The number of hydrogen-bond donors (Lipinski definition) is 0. The van der Waals surface area contributed by atoms with Gasteiger partial charge in [-0.3, -0.25) is 9.67 Å². The Morgan fingerprint density at radius 2 is 2.13 bits per heavy atom. The van der Waals surface area contributed by atoms with E-state index in [9.17, 15) is 0 Å². The molecular formula is C19H28N4. The van der Waals surface area contributed by atoms with Crippen molar-refractivity contribution in [3.8, 4) is 11.4 Å². The SMILES string of the molecule is CCn1nccc1-c1cc(C[C@H]2CCCN(C(C)C)C2)ccn1. The van der Waals surface area contributed by atoms with Crippen molar-refractivity contribution >= 4 is 0 Å². The molecule has 0 unspecified atom stereocenters.